The summed E-state index contributed by atoms with van der Waals surface area (Å²) in [5.41, 5.74) is 1.16. The van der Waals surface area contributed by atoms with Gasteiger partial charge in [0.05, 0.1) is 23.9 Å². The minimum absolute atomic E-state index is 0.226. The summed E-state index contributed by atoms with van der Waals surface area (Å²) in [5, 5.41) is 2.86. The lowest BCUT2D eigenvalue weighted by molar-refractivity contribution is -0.122. The van der Waals surface area contributed by atoms with E-state index in [9.17, 15) is 14.4 Å². The lowest BCUT2D eigenvalue weighted by Crippen LogP contribution is -2.54. The van der Waals surface area contributed by atoms with Crippen LogP contribution in [0.15, 0.2) is 35.9 Å². The van der Waals surface area contributed by atoms with Crippen molar-refractivity contribution in [3.8, 4) is 11.5 Å². The molecule has 0 spiro atoms. The molecule has 0 aromatic heterocycles. The standard InChI is InChI=1S/C26H28Cl2N2O5/c1-4-6-7-8-11-35-23-20(28)13-17(14-22(23)34-5-2)12-19-24(31)29-26(33)30(25(19)32)21-15-18(27)10-9-16(21)3/h9-10,12-15H,4-8,11H2,1-3H3,(H,29,31,33)/b19-12+. The molecule has 1 aliphatic rings. The molecule has 1 fully saturated rings. The number of benzene rings is 2. The second-order valence-corrected chi connectivity index (χ2v) is 8.90. The molecular formula is C26H28Cl2N2O5. The monoisotopic (exact) mass is 518 g/mol. The maximum Gasteiger partial charge on any atom is 0.335 e. The zero-order valence-electron chi connectivity index (χ0n) is 20.0. The van der Waals surface area contributed by atoms with Crippen LogP contribution in [0.2, 0.25) is 10.0 Å². The van der Waals surface area contributed by atoms with Gasteiger partial charge < -0.3 is 9.47 Å². The molecule has 1 heterocycles. The number of unbranched alkanes of at least 4 members (excludes halogenated alkanes) is 3. The van der Waals surface area contributed by atoms with Crippen molar-refractivity contribution < 1.29 is 23.9 Å². The number of rotatable bonds is 10. The fourth-order valence-electron chi connectivity index (χ4n) is 3.64. The van der Waals surface area contributed by atoms with Crippen molar-refractivity contribution in [1.29, 1.82) is 0 Å². The first-order valence-corrected chi connectivity index (χ1v) is 12.3. The van der Waals surface area contributed by atoms with E-state index in [0.717, 1.165) is 30.6 Å². The highest BCUT2D eigenvalue weighted by atomic mass is 35.5. The van der Waals surface area contributed by atoms with Crippen molar-refractivity contribution in [2.45, 2.75) is 46.5 Å². The average molecular weight is 519 g/mol. The molecule has 1 saturated heterocycles. The van der Waals surface area contributed by atoms with Crippen LogP contribution in [0.3, 0.4) is 0 Å². The molecule has 2 aromatic rings. The molecule has 0 radical (unpaired) electrons. The van der Waals surface area contributed by atoms with E-state index in [1.807, 2.05) is 6.92 Å². The molecule has 2 aromatic carbocycles. The Labute approximate surface area is 215 Å². The Morgan fingerprint density at radius 2 is 1.77 bits per heavy atom. The third-order valence-corrected chi connectivity index (χ3v) is 5.92. The maximum absolute atomic E-state index is 13.2. The molecule has 7 nitrogen and oxygen atoms in total. The highest BCUT2D eigenvalue weighted by molar-refractivity contribution is 6.40. The van der Waals surface area contributed by atoms with Gasteiger partial charge in [-0.1, -0.05) is 55.5 Å². The van der Waals surface area contributed by atoms with E-state index < -0.39 is 17.8 Å². The largest absolute Gasteiger partial charge is 0.490 e. The number of halogens is 2. The van der Waals surface area contributed by atoms with Crippen molar-refractivity contribution in [1.82, 2.24) is 5.32 Å². The SMILES string of the molecule is CCCCCCOc1c(Cl)cc(/C=C2\C(=O)NC(=O)N(c3cc(Cl)ccc3C)C2=O)cc1OCC. The van der Waals surface area contributed by atoms with E-state index in [1.165, 1.54) is 12.1 Å². The Morgan fingerprint density at radius 1 is 1.00 bits per heavy atom. The molecule has 9 heteroatoms. The molecule has 1 N–H and O–H groups in total. The number of carbonyl (C=O) groups excluding carboxylic acids is 3. The zero-order chi connectivity index (χ0) is 25.5. The van der Waals surface area contributed by atoms with Gasteiger partial charge in [-0.05, 0) is 61.7 Å². The highest BCUT2D eigenvalue weighted by Gasteiger charge is 2.37. The number of hydrogen-bond acceptors (Lipinski definition) is 5. The number of hydrogen-bond donors (Lipinski definition) is 1. The number of barbiturate groups is 1. The van der Waals surface area contributed by atoms with Gasteiger partial charge in [-0.3, -0.25) is 14.9 Å². The Morgan fingerprint density at radius 3 is 2.49 bits per heavy atom. The van der Waals surface area contributed by atoms with Gasteiger partial charge >= 0.3 is 6.03 Å². The number of carbonyl (C=O) groups is 3. The topological polar surface area (TPSA) is 84.9 Å². The van der Waals surface area contributed by atoms with Crippen LogP contribution >= 0.6 is 23.2 Å². The molecule has 3 rings (SSSR count). The van der Waals surface area contributed by atoms with Gasteiger partial charge in [0.25, 0.3) is 11.8 Å². The molecule has 186 valence electrons. The van der Waals surface area contributed by atoms with Crippen LogP contribution in [0.5, 0.6) is 11.5 Å². The minimum atomic E-state index is -0.845. The van der Waals surface area contributed by atoms with Gasteiger partial charge in [-0.25, -0.2) is 9.69 Å². The summed E-state index contributed by atoms with van der Waals surface area (Å²) in [6.07, 6.45) is 5.58. The summed E-state index contributed by atoms with van der Waals surface area (Å²) in [7, 11) is 0. The van der Waals surface area contributed by atoms with Gasteiger partial charge in [-0.15, -0.1) is 0 Å². The predicted octanol–water partition coefficient (Wildman–Crippen LogP) is 6.33. The van der Waals surface area contributed by atoms with Gasteiger partial charge in [0.15, 0.2) is 11.5 Å². The van der Waals surface area contributed by atoms with Gasteiger partial charge in [-0.2, -0.15) is 0 Å². The third-order valence-electron chi connectivity index (χ3n) is 5.40. The molecule has 35 heavy (non-hydrogen) atoms. The van der Waals surface area contributed by atoms with Gasteiger partial charge in [0.1, 0.15) is 5.57 Å². The molecule has 1 aliphatic heterocycles. The summed E-state index contributed by atoms with van der Waals surface area (Å²) >= 11 is 12.6. The van der Waals surface area contributed by atoms with E-state index in [1.54, 1.807) is 31.2 Å². The number of nitrogens with zero attached hydrogens (tertiary/aromatic N) is 1. The van der Waals surface area contributed by atoms with Crippen LogP contribution in [-0.2, 0) is 9.59 Å². The number of aryl methyl sites for hydroxylation is 1. The molecule has 0 saturated carbocycles. The van der Waals surface area contributed by atoms with Crippen LogP contribution in [0.25, 0.3) is 6.08 Å². The fourth-order valence-corrected chi connectivity index (χ4v) is 4.08. The maximum atomic E-state index is 13.2. The molecule has 0 unspecified atom stereocenters. The Kier molecular flexibility index (Phi) is 9.18. The van der Waals surface area contributed by atoms with E-state index in [0.29, 0.717) is 51.6 Å². The fraction of sp³-hybridized carbons (Fsp3) is 0.346. The predicted molar refractivity (Wildman–Crippen MR) is 137 cm³/mol. The second kappa shape index (κ2) is 12.1. The van der Waals surface area contributed by atoms with E-state index in [4.69, 9.17) is 32.7 Å². The normalized spacial score (nSPS) is 14.9. The molecular weight excluding hydrogens is 491 g/mol. The first kappa shape index (κ1) is 26.6. The number of anilines is 1. The lowest BCUT2D eigenvalue weighted by Gasteiger charge is -2.27. The summed E-state index contributed by atoms with van der Waals surface area (Å²) in [5.74, 6) is -0.752. The van der Waals surface area contributed by atoms with Gasteiger partial charge in [0, 0.05) is 5.02 Å². The summed E-state index contributed by atoms with van der Waals surface area (Å²) < 4.78 is 11.6. The molecule has 0 aliphatic carbocycles. The molecule has 4 amide bonds. The minimum Gasteiger partial charge on any atom is -0.490 e. The number of imide groups is 2. The Bertz CT molecular complexity index is 1160. The number of urea groups is 1. The van der Waals surface area contributed by atoms with Crippen LogP contribution in [0.4, 0.5) is 10.5 Å². The number of amides is 4. The summed E-state index contributed by atoms with van der Waals surface area (Å²) in [4.78, 5) is 39.2. The average Bonchev–Trinajstić information content (AvgIpc) is 2.80. The van der Waals surface area contributed by atoms with Crippen molar-refractivity contribution in [2.24, 2.45) is 0 Å². The van der Waals surface area contributed by atoms with E-state index in [2.05, 4.69) is 12.2 Å². The van der Waals surface area contributed by atoms with Crippen molar-refractivity contribution in [3.05, 3.63) is 57.1 Å². The Balaban J connectivity index is 1.94. The summed E-state index contributed by atoms with van der Waals surface area (Å²) in [6, 6.07) is 7.23. The highest BCUT2D eigenvalue weighted by Crippen LogP contribution is 2.38. The second-order valence-electron chi connectivity index (χ2n) is 8.06. The molecule has 0 atom stereocenters. The quantitative estimate of drug-likeness (QED) is 0.225. The lowest BCUT2D eigenvalue weighted by atomic mass is 10.1. The first-order valence-electron chi connectivity index (χ1n) is 11.5. The molecule has 0 bridgehead atoms. The first-order chi connectivity index (χ1) is 16.8. The van der Waals surface area contributed by atoms with Crippen LogP contribution in [0.1, 0.15) is 50.7 Å². The van der Waals surface area contributed by atoms with E-state index in [-0.39, 0.29) is 5.57 Å². The number of ether oxygens (including phenoxy) is 2. The van der Waals surface area contributed by atoms with Crippen molar-refractivity contribution in [3.63, 3.8) is 0 Å². The third kappa shape index (κ3) is 6.35. The zero-order valence-corrected chi connectivity index (χ0v) is 21.5. The summed E-state index contributed by atoms with van der Waals surface area (Å²) in [6.45, 7) is 6.58. The van der Waals surface area contributed by atoms with Crippen LogP contribution in [0, 0.1) is 6.92 Å². The number of nitrogens with one attached hydrogen (secondary N) is 1. The van der Waals surface area contributed by atoms with Gasteiger partial charge in [0.2, 0.25) is 0 Å². The van der Waals surface area contributed by atoms with Crippen molar-refractivity contribution in [2.75, 3.05) is 18.1 Å². The van der Waals surface area contributed by atoms with Crippen LogP contribution in [-0.4, -0.2) is 31.1 Å². The van der Waals surface area contributed by atoms with Crippen molar-refractivity contribution >= 4 is 52.8 Å². The smallest absolute Gasteiger partial charge is 0.335 e. The van der Waals surface area contributed by atoms with Crippen LogP contribution < -0.4 is 19.7 Å². The van der Waals surface area contributed by atoms with E-state index >= 15 is 0 Å². The Hall–Kier alpha value is -3.03.